The average molecular weight is 411 g/mol. The Labute approximate surface area is 152 Å². The molecule has 0 fully saturated rings. The van der Waals surface area contributed by atoms with Crippen LogP contribution in [0.5, 0.6) is 0 Å². The van der Waals surface area contributed by atoms with E-state index in [9.17, 15) is 26.4 Å². The van der Waals surface area contributed by atoms with Crippen molar-refractivity contribution in [2.45, 2.75) is 24.9 Å². The molecule has 1 heterocycles. The third-order valence-electron chi connectivity index (χ3n) is 3.53. The summed E-state index contributed by atoms with van der Waals surface area (Å²) in [4.78, 5) is 14.1. The average Bonchev–Trinajstić information content (AvgIpc) is 2.82. The van der Waals surface area contributed by atoms with Crippen LogP contribution < -0.4 is 4.72 Å². The summed E-state index contributed by atoms with van der Waals surface area (Å²) in [6.45, 7) is 2.81. The van der Waals surface area contributed by atoms with E-state index in [0.717, 1.165) is 19.2 Å². The molecule has 0 saturated carbocycles. The SMILES string of the molecule is COC(=O)c1c(C)[nH]c(C)c1S(=O)(=O)Nc1c(Cl)cccc1C(F)(F)F. The Morgan fingerprint density at radius 2 is 1.85 bits per heavy atom. The lowest BCUT2D eigenvalue weighted by atomic mass is 10.2. The van der Waals surface area contributed by atoms with E-state index in [4.69, 9.17) is 11.6 Å². The number of benzene rings is 1. The molecule has 26 heavy (non-hydrogen) atoms. The van der Waals surface area contributed by atoms with Crippen LogP contribution in [0, 0.1) is 13.8 Å². The molecule has 0 spiro atoms. The number of alkyl halides is 3. The first-order chi connectivity index (χ1) is 11.9. The molecule has 11 heteroatoms. The molecule has 0 aliphatic rings. The van der Waals surface area contributed by atoms with Crippen molar-refractivity contribution in [3.63, 3.8) is 0 Å². The summed E-state index contributed by atoms with van der Waals surface area (Å²) in [7, 11) is -3.52. The third-order valence-corrected chi connectivity index (χ3v) is 5.37. The highest BCUT2D eigenvalue weighted by molar-refractivity contribution is 7.92. The molecule has 142 valence electrons. The van der Waals surface area contributed by atoms with Gasteiger partial charge in [0.1, 0.15) is 10.5 Å². The molecule has 0 aliphatic heterocycles. The fourth-order valence-corrected chi connectivity index (χ4v) is 4.32. The van der Waals surface area contributed by atoms with Gasteiger partial charge in [0.25, 0.3) is 10.0 Å². The fraction of sp³-hybridized carbons (Fsp3) is 0.267. The largest absolute Gasteiger partial charge is 0.465 e. The molecule has 1 aromatic carbocycles. The maximum absolute atomic E-state index is 13.2. The van der Waals surface area contributed by atoms with E-state index in [1.54, 1.807) is 0 Å². The molecule has 2 N–H and O–H groups in total. The van der Waals surface area contributed by atoms with Crippen LogP contribution in [0.2, 0.25) is 5.02 Å². The summed E-state index contributed by atoms with van der Waals surface area (Å²) < 4.78 is 71.4. The smallest absolute Gasteiger partial charge is 0.418 e. The second-order valence-corrected chi connectivity index (χ2v) is 7.36. The summed E-state index contributed by atoms with van der Waals surface area (Å²) >= 11 is 5.78. The summed E-state index contributed by atoms with van der Waals surface area (Å²) in [5, 5.41) is -0.437. The van der Waals surface area contributed by atoms with Crippen molar-refractivity contribution in [1.82, 2.24) is 4.98 Å². The number of ether oxygens (including phenoxy) is 1. The number of esters is 1. The van der Waals surface area contributed by atoms with Crippen molar-refractivity contribution in [1.29, 1.82) is 0 Å². The highest BCUT2D eigenvalue weighted by Crippen LogP contribution is 2.40. The number of aryl methyl sites for hydroxylation is 2. The summed E-state index contributed by atoms with van der Waals surface area (Å²) in [6.07, 6.45) is -4.84. The van der Waals surface area contributed by atoms with Crippen molar-refractivity contribution in [3.05, 3.63) is 45.7 Å². The van der Waals surface area contributed by atoms with E-state index in [-0.39, 0.29) is 17.0 Å². The number of carbonyl (C=O) groups is 1. The number of aromatic nitrogens is 1. The monoisotopic (exact) mass is 410 g/mol. The zero-order valence-electron chi connectivity index (χ0n) is 13.8. The highest BCUT2D eigenvalue weighted by atomic mass is 35.5. The lowest BCUT2D eigenvalue weighted by molar-refractivity contribution is -0.136. The number of nitrogens with one attached hydrogen (secondary N) is 2. The van der Waals surface area contributed by atoms with Crippen LogP contribution in [0.25, 0.3) is 0 Å². The maximum atomic E-state index is 13.2. The van der Waals surface area contributed by atoms with Crippen molar-refractivity contribution in [3.8, 4) is 0 Å². The quantitative estimate of drug-likeness (QED) is 0.748. The van der Waals surface area contributed by atoms with Crippen molar-refractivity contribution >= 4 is 33.3 Å². The minimum atomic E-state index is -4.84. The first-order valence-corrected chi connectivity index (χ1v) is 8.92. The van der Waals surface area contributed by atoms with E-state index >= 15 is 0 Å². The Bertz CT molecular complexity index is 968. The number of methoxy groups -OCH3 is 1. The summed E-state index contributed by atoms with van der Waals surface area (Å²) in [6, 6.07) is 2.86. The molecule has 0 saturated heterocycles. The van der Waals surface area contributed by atoms with Gasteiger partial charge in [0.2, 0.25) is 0 Å². The van der Waals surface area contributed by atoms with Crippen LogP contribution >= 0.6 is 11.6 Å². The van der Waals surface area contributed by atoms with Gasteiger partial charge in [-0.1, -0.05) is 17.7 Å². The fourth-order valence-electron chi connectivity index (χ4n) is 2.49. The number of halogens is 4. The van der Waals surface area contributed by atoms with E-state index in [1.807, 2.05) is 4.72 Å². The van der Waals surface area contributed by atoms with Crippen LogP contribution in [0.15, 0.2) is 23.1 Å². The Balaban J connectivity index is 2.65. The predicted octanol–water partition coefficient (Wildman–Crippen LogP) is 3.89. The molecule has 1 aromatic heterocycles. The van der Waals surface area contributed by atoms with E-state index < -0.39 is 43.3 Å². The molecule has 0 amide bonds. The zero-order chi connectivity index (χ0) is 19.9. The lowest BCUT2D eigenvalue weighted by Crippen LogP contribution is -2.20. The Morgan fingerprint density at radius 1 is 1.23 bits per heavy atom. The normalized spacial score (nSPS) is 12.1. The third kappa shape index (κ3) is 3.65. The van der Waals surface area contributed by atoms with Crippen LogP contribution in [0.3, 0.4) is 0 Å². The Morgan fingerprint density at radius 3 is 2.38 bits per heavy atom. The molecule has 2 aromatic rings. The lowest BCUT2D eigenvalue weighted by Gasteiger charge is -2.16. The number of anilines is 1. The molecule has 0 bridgehead atoms. The van der Waals surface area contributed by atoms with Gasteiger partial charge >= 0.3 is 12.1 Å². The van der Waals surface area contributed by atoms with Gasteiger partial charge in [-0.3, -0.25) is 4.72 Å². The molecule has 0 atom stereocenters. The van der Waals surface area contributed by atoms with Crippen molar-refractivity contribution in [2.75, 3.05) is 11.8 Å². The van der Waals surface area contributed by atoms with E-state index in [0.29, 0.717) is 6.07 Å². The maximum Gasteiger partial charge on any atom is 0.418 e. The summed E-state index contributed by atoms with van der Waals surface area (Å²) in [5.74, 6) is -0.942. The molecular formula is C15H14ClF3N2O4S. The number of para-hydroxylation sites is 1. The predicted molar refractivity (Wildman–Crippen MR) is 88.9 cm³/mol. The molecule has 0 aliphatic carbocycles. The van der Waals surface area contributed by atoms with E-state index in [1.165, 1.54) is 13.8 Å². The van der Waals surface area contributed by atoms with Crippen LogP contribution in [0.4, 0.5) is 18.9 Å². The number of hydrogen-bond acceptors (Lipinski definition) is 4. The number of hydrogen-bond donors (Lipinski definition) is 2. The van der Waals surface area contributed by atoms with Gasteiger partial charge < -0.3 is 9.72 Å². The van der Waals surface area contributed by atoms with Crippen LogP contribution in [0.1, 0.15) is 27.3 Å². The number of rotatable bonds is 4. The second kappa shape index (κ2) is 6.84. The molecule has 6 nitrogen and oxygen atoms in total. The molecule has 0 radical (unpaired) electrons. The van der Waals surface area contributed by atoms with Gasteiger partial charge in [-0.05, 0) is 26.0 Å². The van der Waals surface area contributed by atoms with Crippen LogP contribution in [-0.2, 0) is 20.9 Å². The second-order valence-electron chi connectivity index (χ2n) is 5.34. The minimum absolute atomic E-state index is 0.0658. The number of sulfonamides is 1. The minimum Gasteiger partial charge on any atom is -0.465 e. The van der Waals surface area contributed by atoms with E-state index in [2.05, 4.69) is 9.72 Å². The molecule has 2 rings (SSSR count). The van der Waals surface area contributed by atoms with Crippen LogP contribution in [-0.4, -0.2) is 26.5 Å². The first kappa shape index (κ1) is 20.1. The Kier molecular flexibility index (Phi) is 5.29. The standard InChI is InChI=1S/C15H14ClF3N2O4S/c1-7-11(14(22)25-3)13(8(2)20-7)26(23,24)21-12-9(15(17,18)19)5-4-6-10(12)16/h4-6,20-21H,1-3H3. The van der Waals surface area contributed by atoms with Crippen molar-refractivity contribution < 1.29 is 31.1 Å². The van der Waals surface area contributed by atoms with Gasteiger partial charge in [0, 0.05) is 11.4 Å². The van der Waals surface area contributed by atoms with Crippen molar-refractivity contribution in [2.24, 2.45) is 0 Å². The van der Waals surface area contributed by atoms with Gasteiger partial charge in [-0.2, -0.15) is 13.2 Å². The number of carbonyl (C=O) groups excluding carboxylic acids is 1. The Hall–Kier alpha value is -2.20. The highest BCUT2D eigenvalue weighted by Gasteiger charge is 2.37. The van der Waals surface area contributed by atoms with Gasteiger partial charge in [-0.25, -0.2) is 13.2 Å². The number of aromatic amines is 1. The first-order valence-electron chi connectivity index (χ1n) is 7.06. The van der Waals surface area contributed by atoms with Gasteiger partial charge in [0.15, 0.2) is 0 Å². The molecule has 0 unspecified atom stereocenters. The van der Waals surface area contributed by atoms with Gasteiger partial charge in [0.05, 0.1) is 23.4 Å². The topological polar surface area (TPSA) is 88.3 Å². The molecular weight excluding hydrogens is 397 g/mol. The zero-order valence-corrected chi connectivity index (χ0v) is 15.4. The van der Waals surface area contributed by atoms with Gasteiger partial charge in [-0.15, -0.1) is 0 Å². The number of H-pyrrole nitrogens is 1. The summed E-state index contributed by atoms with van der Waals surface area (Å²) in [5.41, 5.74) is -2.10.